The number of aryl methyl sites for hydroxylation is 2. The van der Waals surface area contributed by atoms with Gasteiger partial charge in [-0.15, -0.1) is 0 Å². The molecule has 0 unspecified atom stereocenters. The maximum absolute atomic E-state index is 5.21. The van der Waals surface area contributed by atoms with E-state index >= 15 is 0 Å². The third kappa shape index (κ3) is 1.76. The van der Waals surface area contributed by atoms with Crippen LogP contribution in [0.15, 0.2) is 4.52 Å². The average Bonchev–Trinajstić information content (AvgIpc) is 2.75. The first-order chi connectivity index (χ1) is 7.72. The highest BCUT2D eigenvalue weighted by Crippen LogP contribution is 2.24. The van der Waals surface area contributed by atoms with Crippen LogP contribution < -0.4 is 5.32 Å². The summed E-state index contributed by atoms with van der Waals surface area (Å²) < 4.78 is 5.21. The van der Waals surface area contributed by atoms with Gasteiger partial charge in [0.05, 0.1) is 5.69 Å². The Bertz CT molecular complexity index is 356. The number of hydrogen-bond acceptors (Lipinski definition) is 4. The molecule has 4 nitrogen and oxygen atoms in total. The fourth-order valence-corrected chi connectivity index (χ4v) is 3.01. The third-order valence-electron chi connectivity index (χ3n) is 3.87. The van der Waals surface area contributed by atoms with E-state index in [1.165, 1.54) is 31.6 Å². The number of piperidine rings is 1. The van der Waals surface area contributed by atoms with Gasteiger partial charge in [0.15, 0.2) is 0 Å². The van der Waals surface area contributed by atoms with Crippen LogP contribution in [0.1, 0.15) is 23.4 Å². The Balaban J connectivity index is 1.71. The molecule has 3 heterocycles. The zero-order chi connectivity index (χ0) is 11.1. The normalized spacial score (nSPS) is 29.9. The molecule has 2 fully saturated rings. The smallest absolute Gasteiger partial charge is 0.138 e. The van der Waals surface area contributed by atoms with Gasteiger partial charge in [-0.2, -0.15) is 0 Å². The zero-order valence-electron chi connectivity index (χ0n) is 9.99. The molecule has 0 amide bonds. The Labute approximate surface area is 96.0 Å². The second kappa shape index (κ2) is 3.86. The molecule has 2 aliphatic rings. The van der Waals surface area contributed by atoms with Crippen LogP contribution in [-0.2, 0) is 6.54 Å². The van der Waals surface area contributed by atoms with Crippen molar-refractivity contribution in [3.63, 3.8) is 0 Å². The first kappa shape index (κ1) is 10.3. The summed E-state index contributed by atoms with van der Waals surface area (Å²) in [4.78, 5) is 2.53. The van der Waals surface area contributed by atoms with Crippen molar-refractivity contribution < 1.29 is 4.52 Å². The molecule has 2 atom stereocenters. The molecule has 2 bridgehead atoms. The lowest BCUT2D eigenvalue weighted by Gasteiger charge is -2.30. The predicted molar refractivity (Wildman–Crippen MR) is 61.2 cm³/mol. The molecule has 0 saturated carbocycles. The SMILES string of the molecule is Cc1noc(C)c1CN1C[C@H]2CN[C@@H](C2)C1. The van der Waals surface area contributed by atoms with Crippen molar-refractivity contribution in [3.8, 4) is 0 Å². The second-order valence-electron chi connectivity index (χ2n) is 5.20. The largest absolute Gasteiger partial charge is 0.361 e. The average molecular weight is 221 g/mol. The molecule has 0 radical (unpaired) electrons. The number of fused-ring (bicyclic) bond motifs is 2. The molecular formula is C12H19N3O. The van der Waals surface area contributed by atoms with Gasteiger partial charge in [-0.1, -0.05) is 5.16 Å². The molecule has 0 aromatic carbocycles. The van der Waals surface area contributed by atoms with Gasteiger partial charge < -0.3 is 9.84 Å². The second-order valence-corrected chi connectivity index (χ2v) is 5.20. The number of nitrogens with one attached hydrogen (secondary N) is 1. The molecule has 88 valence electrons. The summed E-state index contributed by atoms with van der Waals surface area (Å²) in [5.74, 6) is 1.82. The Morgan fingerprint density at radius 2 is 2.31 bits per heavy atom. The first-order valence-electron chi connectivity index (χ1n) is 6.10. The van der Waals surface area contributed by atoms with Crippen molar-refractivity contribution in [2.24, 2.45) is 5.92 Å². The van der Waals surface area contributed by atoms with E-state index < -0.39 is 0 Å². The van der Waals surface area contributed by atoms with Crippen molar-refractivity contribution in [1.82, 2.24) is 15.4 Å². The maximum atomic E-state index is 5.21. The number of hydrogen-bond donors (Lipinski definition) is 1. The van der Waals surface area contributed by atoms with E-state index in [2.05, 4.69) is 15.4 Å². The Hall–Kier alpha value is -0.870. The van der Waals surface area contributed by atoms with Gasteiger partial charge in [-0.05, 0) is 32.7 Å². The minimum absolute atomic E-state index is 0.708. The molecule has 1 aromatic rings. The van der Waals surface area contributed by atoms with E-state index in [0.29, 0.717) is 6.04 Å². The van der Waals surface area contributed by atoms with Gasteiger partial charge in [0.1, 0.15) is 5.76 Å². The van der Waals surface area contributed by atoms with Crippen molar-refractivity contribution in [2.45, 2.75) is 32.9 Å². The van der Waals surface area contributed by atoms with Crippen LogP contribution in [0, 0.1) is 19.8 Å². The van der Waals surface area contributed by atoms with Crippen LogP contribution in [0.3, 0.4) is 0 Å². The van der Waals surface area contributed by atoms with Crippen molar-refractivity contribution in [1.29, 1.82) is 0 Å². The van der Waals surface area contributed by atoms with Gasteiger partial charge in [-0.3, -0.25) is 4.90 Å². The monoisotopic (exact) mass is 221 g/mol. The maximum Gasteiger partial charge on any atom is 0.138 e. The molecule has 1 N–H and O–H groups in total. The summed E-state index contributed by atoms with van der Waals surface area (Å²) in [5.41, 5.74) is 2.32. The van der Waals surface area contributed by atoms with Gasteiger partial charge in [0.2, 0.25) is 0 Å². The van der Waals surface area contributed by atoms with Crippen LogP contribution in [-0.4, -0.2) is 35.7 Å². The summed E-state index contributed by atoms with van der Waals surface area (Å²) in [6.07, 6.45) is 1.36. The summed E-state index contributed by atoms with van der Waals surface area (Å²) >= 11 is 0. The minimum Gasteiger partial charge on any atom is -0.361 e. The summed E-state index contributed by atoms with van der Waals surface area (Å²) in [5, 5.41) is 7.59. The summed E-state index contributed by atoms with van der Waals surface area (Å²) in [6, 6.07) is 0.708. The van der Waals surface area contributed by atoms with Gasteiger partial charge in [0.25, 0.3) is 0 Å². The minimum atomic E-state index is 0.708. The summed E-state index contributed by atoms with van der Waals surface area (Å²) in [7, 11) is 0. The quantitative estimate of drug-likeness (QED) is 0.811. The zero-order valence-corrected chi connectivity index (χ0v) is 9.99. The predicted octanol–water partition coefficient (Wildman–Crippen LogP) is 1.09. The topological polar surface area (TPSA) is 41.3 Å². The lowest BCUT2D eigenvalue weighted by Crippen LogP contribution is -2.40. The van der Waals surface area contributed by atoms with Crippen molar-refractivity contribution >= 4 is 0 Å². The highest BCUT2D eigenvalue weighted by molar-refractivity contribution is 5.20. The first-order valence-corrected chi connectivity index (χ1v) is 6.10. The fourth-order valence-electron chi connectivity index (χ4n) is 3.01. The van der Waals surface area contributed by atoms with Crippen LogP contribution >= 0.6 is 0 Å². The van der Waals surface area contributed by atoms with E-state index in [4.69, 9.17) is 4.52 Å². The fraction of sp³-hybridized carbons (Fsp3) is 0.750. The third-order valence-corrected chi connectivity index (χ3v) is 3.87. The van der Waals surface area contributed by atoms with E-state index in [9.17, 15) is 0 Å². The molecular weight excluding hydrogens is 202 g/mol. The molecule has 4 heteroatoms. The standard InChI is InChI=1S/C12H19N3O/c1-8-12(9(2)16-14-8)7-15-5-10-3-11(6-15)13-4-10/h10-11,13H,3-7H2,1-2H3/t10-,11+/m1/s1. The van der Waals surface area contributed by atoms with Crippen molar-refractivity contribution in [2.75, 3.05) is 19.6 Å². The molecule has 16 heavy (non-hydrogen) atoms. The molecule has 0 spiro atoms. The van der Waals surface area contributed by atoms with Crippen molar-refractivity contribution in [3.05, 3.63) is 17.0 Å². The van der Waals surface area contributed by atoms with Crippen LogP contribution in [0.25, 0.3) is 0 Å². The number of nitrogens with zero attached hydrogens (tertiary/aromatic N) is 2. The highest BCUT2D eigenvalue weighted by Gasteiger charge is 2.32. The van der Waals surface area contributed by atoms with Gasteiger partial charge in [-0.25, -0.2) is 0 Å². The van der Waals surface area contributed by atoms with E-state index in [1.807, 2.05) is 13.8 Å². The van der Waals surface area contributed by atoms with E-state index in [0.717, 1.165) is 23.9 Å². The summed E-state index contributed by atoms with van der Waals surface area (Å²) in [6.45, 7) is 8.61. The van der Waals surface area contributed by atoms with Crippen LogP contribution in [0.2, 0.25) is 0 Å². The number of likely N-dealkylation sites (tertiary alicyclic amines) is 1. The van der Waals surface area contributed by atoms with Gasteiger partial charge in [0, 0.05) is 31.2 Å². The van der Waals surface area contributed by atoms with E-state index in [-0.39, 0.29) is 0 Å². The molecule has 2 aliphatic heterocycles. The van der Waals surface area contributed by atoms with Crippen LogP contribution in [0.4, 0.5) is 0 Å². The molecule has 2 saturated heterocycles. The lowest BCUT2D eigenvalue weighted by molar-refractivity contribution is 0.184. The number of rotatable bonds is 2. The Morgan fingerprint density at radius 1 is 1.44 bits per heavy atom. The van der Waals surface area contributed by atoms with Gasteiger partial charge >= 0.3 is 0 Å². The Morgan fingerprint density at radius 3 is 3.00 bits per heavy atom. The molecule has 3 rings (SSSR count). The van der Waals surface area contributed by atoms with Crippen LogP contribution in [0.5, 0.6) is 0 Å². The molecule has 1 aromatic heterocycles. The van der Waals surface area contributed by atoms with E-state index in [1.54, 1.807) is 0 Å². The lowest BCUT2D eigenvalue weighted by atomic mass is 9.99. The Kier molecular flexibility index (Phi) is 2.48. The molecule has 0 aliphatic carbocycles. The number of aromatic nitrogens is 1. The highest BCUT2D eigenvalue weighted by atomic mass is 16.5.